The van der Waals surface area contributed by atoms with Gasteiger partial charge in [-0.25, -0.2) is 0 Å². The van der Waals surface area contributed by atoms with Crippen LogP contribution >= 0.6 is 0 Å². The monoisotopic (exact) mass is 291 g/mol. The molecule has 0 saturated heterocycles. The molecule has 2 aromatic rings. The predicted octanol–water partition coefficient (Wildman–Crippen LogP) is 1.81. The number of nitrogens with zero attached hydrogens (tertiary/aromatic N) is 9. The molecule has 0 aliphatic carbocycles. The summed E-state index contributed by atoms with van der Waals surface area (Å²) in [7, 11) is 5.10. The van der Waals surface area contributed by atoms with Gasteiger partial charge in [0.2, 0.25) is 0 Å². The van der Waals surface area contributed by atoms with Gasteiger partial charge in [-0.15, -0.1) is 22.5 Å². The Bertz CT molecular complexity index is 537. The van der Waals surface area contributed by atoms with Crippen LogP contribution in [0.2, 0.25) is 0 Å². The van der Waals surface area contributed by atoms with Crippen LogP contribution in [0.3, 0.4) is 0 Å². The van der Waals surface area contributed by atoms with Crippen molar-refractivity contribution in [3.8, 4) is 12.3 Å². The standard InChI is InChI=1S/2C4H7N3.C3H4.CH3N3/c1-4-3-7(2)6-5-4;1-4-3-5-6-7(4)2;1-3-2;1-3-4-2/h2*3H,1-2H3;1H,2H3;1H3. The van der Waals surface area contributed by atoms with Crippen molar-refractivity contribution in [3.63, 3.8) is 0 Å². The molecule has 0 spiro atoms. The fraction of sp³-hybridized carbons (Fsp3) is 0.500. The van der Waals surface area contributed by atoms with E-state index in [-0.39, 0.29) is 0 Å². The van der Waals surface area contributed by atoms with Crippen LogP contribution in [0.15, 0.2) is 17.5 Å². The van der Waals surface area contributed by atoms with Gasteiger partial charge in [-0.2, -0.15) is 0 Å². The number of azide groups is 1. The first-order valence-electron chi connectivity index (χ1n) is 5.87. The zero-order valence-corrected chi connectivity index (χ0v) is 13.3. The van der Waals surface area contributed by atoms with Crippen LogP contribution in [-0.2, 0) is 14.1 Å². The molecule has 0 aliphatic rings. The van der Waals surface area contributed by atoms with E-state index in [4.69, 9.17) is 5.53 Å². The minimum absolute atomic E-state index is 0.961. The first kappa shape index (κ1) is 20.5. The summed E-state index contributed by atoms with van der Waals surface area (Å²) >= 11 is 0. The van der Waals surface area contributed by atoms with Crippen LogP contribution in [0.25, 0.3) is 10.4 Å². The molecule has 9 nitrogen and oxygen atoms in total. The Hall–Kier alpha value is -2.85. The zero-order valence-electron chi connectivity index (χ0n) is 13.3. The Morgan fingerprint density at radius 1 is 1.33 bits per heavy atom. The third-order valence-electron chi connectivity index (χ3n) is 1.75. The predicted molar refractivity (Wildman–Crippen MR) is 81.1 cm³/mol. The van der Waals surface area contributed by atoms with Crippen molar-refractivity contribution in [1.82, 2.24) is 30.0 Å². The molecule has 0 bridgehead atoms. The molecule has 2 heterocycles. The molecule has 0 aromatic carbocycles. The molecule has 9 heteroatoms. The number of hydrogen-bond donors (Lipinski definition) is 0. The first-order chi connectivity index (χ1) is 9.92. The highest BCUT2D eigenvalue weighted by atomic mass is 15.4. The Balaban J connectivity index is 0. The van der Waals surface area contributed by atoms with E-state index in [1.807, 2.05) is 34.1 Å². The Kier molecular flexibility index (Phi) is 13.2. The summed E-state index contributed by atoms with van der Waals surface area (Å²) in [5.41, 5.74) is 9.38. The van der Waals surface area contributed by atoms with Gasteiger partial charge in [-0.1, -0.05) is 15.5 Å². The Morgan fingerprint density at radius 3 is 1.95 bits per heavy atom. The molecule has 2 aromatic heterocycles. The molecule has 0 fully saturated rings. The molecule has 21 heavy (non-hydrogen) atoms. The van der Waals surface area contributed by atoms with E-state index in [1.54, 1.807) is 22.5 Å². The number of terminal acetylenes is 1. The fourth-order valence-electron chi connectivity index (χ4n) is 0.804. The first-order valence-corrected chi connectivity index (χ1v) is 5.87. The third kappa shape index (κ3) is 13.4. The molecule has 0 saturated carbocycles. The van der Waals surface area contributed by atoms with E-state index in [9.17, 15) is 0 Å². The summed E-state index contributed by atoms with van der Waals surface area (Å²) in [5, 5.41) is 17.6. The second-order valence-electron chi connectivity index (χ2n) is 3.61. The lowest BCUT2D eigenvalue weighted by atomic mass is 10.6. The van der Waals surface area contributed by atoms with Gasteiger partial charge in [-0.05, 0) is 26.3 Å². The van der Waals surface area contributed by atoms with Crippen molar-refractivity contribution < 1.29 is 0 Å². The quantitative estimate of drug-likeness (QED) is 0.319. The molecule has 0 amide bonds. The Labute approximate surface area is 124 Å². The molecular formula is C12H21N9. The summed E-state index contributed by atoms with van der Waals surface area (Å²) in [6.45, 7) is 5.52. The van der Waals surface area contributed by atoms with Gasteiger partial charge in [0.15, 0.2) is 0 Å². The Morgan fingerprint density at radius 2 is 1.86 bits per heavy atom. The maximum Gasteiger partial charge on any atom is 0.0796 e. The average Bonchev–Trinajstić information content (AvgIpc) is 3.00. The highest BCUT2D eigenvalue weighted by molar-refractivity contribution is 4.86. The second-order valence-corrected chi connectivity index (χ2v) is 3.61. The van der Waals surface area contributed by atoms with Crippen molar-refractivity contribution in [2.24, 2.45) is 19.2 Å². The molecule has 0 N–H and O–H groups in total. The number of aryl methyl sites for hydroxylation is 4. The van der Waals surface area contributed by atoms with Crippen LogP contribution in [-0.4, -0.2) is 37.0 Å². The van der Waals surface area contributed by atoms with Crippen LogP contribution in [0, 0.1) is 26.2 Å². The van der Waals surface area contributed by atoms with Crippen LogP contribution in [0.1, 0.15) is 18.3 Å². The average molecular weight is 291 g/mol. The molecule has 0 radical (unpaired) electrons. The van der Waals surface area contributed by atoms with Crippen molar-refractivity contribution >= 4 is 0 Å². The van der Waals surface area contributed by atoms with Crippen molar-refractivity contribution in [2.75, 3.05) is 7.05 Å². The van der Waals surface area contributed by atoms with Crippen LogP contribution < -0.4 is 0 Å². The summed E-state index contributed by atoms with van der Waals surface area (Å²) in [5.74, 6) is 2.25. The topological polar surface area (TPSA) is 110 Å². The maximum absolute atomic E-state index is 7.33. The van der Waals surface area contributed by atoms with Crippen LogP contribution in [0.4, 0.5) is 0 Å². The lowest BCUT2D eigenvalue weighted by molar-refractivity contribution is 0.696. The van der Waals surface area contributed by atoms with E-state index in [1.165, 1.54) is 7.05 Å². The molecule has 0 unspecified atom stereocenters. The van der Waals surface area contributed by atoms with E-state index in [2.05, 4.69) is 43.0 Å². The molecule has 0 atom stereocenters. The van der Waals surface area contributed by atoms with Crippen molar-refractivity contribution in [2.45, 2.75) is 20.8 Å². The van der Waals surface area contributed by atoms with E-state index < -0.39 is 0 Å². The zero-order chi connectivity index (χ0) is 16.7. The van der Waals surface area contributed by atoms with Gasteiger partial charge in [0.25, 0.3) is 0 Å². The SMILES string of the molecule is C#CC.CN=[N+]=[N-].Cc1cn(C)nn1.Cc1cnnn1C. The van der Waals surface area contributed by atoms with Crippen molar-refractivity contribution in [3.05, 3.63) is 34.2 Å². The highest BCUT2D eigenvalue weighted by Crippen LogP contribution is 1.84. The van der Waals surface area contributed by atoms with Gasteiger partial charge in [0, 0.05) is 32.3 Å². The van der Waals surface area contributed by atoms with E-state index in [0.29, 0.717) is 0 Å². The maximum atomic E-state index is 7.33. The normalized spacial score (nSPS) is 7.48. The van der Waals surface area contributed by atoms with Gasteiger partial charge in [-0.3, -0.25) is 9.36 Å². The van der Waals surface area contributed by atoms with E-state index in [0.717, 1.165) is 11.4 Å². The summed E-state index contributed by atoms with van der Waals surface area (Å²) in [6.07, 6.45) is 8.18. The molecule has 2 rings (SSSR count). The van der Waals surface area contributed by atoms with Crippen LogP contribution in [0.5, 0.6) is 0 Å². The second kappa shape index (κ2) is 13.6. The minimum atomic E-state index is 0.961. The molecule has 0 aliphatic heterocycles. The van der Waals surface area contributed by atoms with Gasteiger partial charge in [0.1, 0.15) is 0 Å². The number of rotatable bonds is 0. The molecule has 114 valence electrons. The highest BCUT2D eigenvalue weighted by Gasteiger charge is 1.85. The number of hydrogen-bond acceptors (Lipinski definition) is 5. The molecular weight excluding hydrogens is 270 g/mol. The van der Waals surface area contributed by atoms with Gasteiger partial charge < -0.3 is 0 Å². The van der Waals surface area contributed by atoms with Crippen molar-refractivity contribution in [1.29, 1.82) is 0 Å². The van der Waals surface area contributed by atoms with Gasteiger partial charge in [0.05, 0.1) is 17.6 Å². The summed E-state index contributed by atoms with van der Waals surface area (Å²) in [6, 6.07) is 0. The minimum Gasteiger partial charge on any atom is -0.255 e. The number of aromatic nitrogens is 6. The fourth-order valence-corrected chi connectivity index (χ4v) is 0.804. The largest absolute Gasteiger partial charge is 0.255 e. The van der Waals surface area contributed by atoms with E-state index >= 15 is 0 Å². The summed E-state index contributed by atoms with van der Waals surface area (Å²) in [4.78, 5) is 2.36. The third-order valence-corrected chi connectivity index (χ3v) is 1.75. The lowest BCUT2D eigenvalue weighted by Gasteiger charge is -1.84. The summed E-state index contributed by atoms with van der Waals surface area (Å²) < 4.78 is 3.40. The van der Waals surface area contributed by atoms with Gasteiger partial charge >= 0.3 is 0 Å². The lowest BCUT2D eigenvalue weighted by Crippen LogP contribution is -1.91. The smallest absolute Gasteiger partial charge is 0.0796 e.